The molecule has 0 saturated heterocycles. The van der Waals surface area contributed by atoms with Gasteiger partial charge < -0.3 is 13.3 Å². The second kappa shape index (κ2) is 9.66. The highest BCUT2D eigenvalue weighted by molar-refractivity contribution is 7.98. The second-order valence-electron chi connectivity index (χ2n) is 3.08. The Hall–Kier alpha value is 0.447. The Morgan fingerprint density at radius 3 is 1.73 bits per heavy atom. The van der Waals surface area contributed by atoms with Crippen molar-refractivity contribution in [3.63, 3.8) is 0 Å². The van der Waals surface area contributed by atoms with Crippen LogP contribution in [0.1, 0.15) is 27.2 Å². The van der Waals surface area contributed by atoms with Gasteiger partial charge in [-0.3, -0.25) is 0 Å². The molecule has 0 spiro atoms. The summed E-state index contributed by atoms with van der Waals surface area (Å²) in [6.07, 6.45) is 3.22. The molecule has 0 fully saturated rings. The van der Waals surface area contributed by atoms with Crippen LogP contribution in [0, 0.1) is 0 Å². The van der Waals surface area contributed by atoms with E-state index >= 15 is 0 Å². The molecule has 92 valence electrons. The maximum Gasteiger partial charge on any atom is 0.500 e. The predicted molar refractivity (Wildman–Crippen MR) is 68.4 cm³/mol. The van der Waals surface area contributed by atoms with Crippen molar-refractivity contribution in [1.29, 1.82) is 0 Å². The van der Waals surface area contributed by atoms with Crippen LogP contribution in [0.2, 0.25) is 6.04 Å². The smallest absolute Gasteiger partial charge is 0.374 e. The molecular weight excluding hydrogens is 228 g/mol. The summed E-state index contributed by atoms with van der Waals surface area (Å²) < 4.78 is 17.2. The van der Waals surface area contributed by atoms with Crippen molar-refractivity contribution < 1.29 is 13.3 Å². The molecule has 5 heteroatoms. The molecule has 0 saturated carbocycles. The average molecular weight is 252 g/mol. The minimum absolute atomic E-state index is 0.672. The van der Waals surface area contributed by atoms with Crippen LogP contribution in [0.25, 0.3) is 0 Å². The molecule has 0 aromatic heterocycles. The molecule has 0 aliphatic rings. The van der Waals surface area contributed by atoms with Gasteiger partial charge in [-0.05, 0) is 39.2 Å². The summed E-state index contributed by atoms with van der Waals surface area (Å²) in [5.41, 5.74) is 0. The van der Waals surface area contributed by atoms with Crippen LogP contribution in [0.15, 0.2) is 0 Å². The first-order valence-corrected chi connectivity index (χ1v) is 8.98. The van der Waals surface area contributed by atoms with Crippen LogP contribution >= 0.6 is 11.8 Å². The molecule has 15 heavy (non-hydrogen) atoms. The molecule has 0 unspecified atom stereocenters. The minimum atomic E-state index is -2.35. The van der Waals surface area contributed by atoms with Crippen LogP contribution in [0.4, 0.5) is 0 Å². The Bertz CT molecular complexity index is 130. The van der Waals surface area contributed by atoms with Gasteiger partial charge in [0.15, 0.2) is 0 Å². The Balaban J connectivity index is 4.18. The third kappa shape index (κ3) is 6.58. The standard InChI is InChI=1S/C10H24O3SSi/c1-5-11-15(12-6-2,13-7-3)10-8-9-14-4/h5-10H2,1-4H3. The van der Waals surface area contributed by atoms with Crippen molar-refractivity contribution in [1.82, 2.24) is 0 Å². The van der Waals surface area contributed by atoms with E-state index in [-0.39, 0.29) is 0 Å². The van der Waals surface area contributed by atoms with E-state index in [9.17, 15) is 0 Å². The number of hydrogen-bond donors (Lipinski definition) is 0. The van der Waals surface area contributed by atoms with Gasteiger partial charge >= 0.3 is 8.80 Å². The van der Waals surface area contributed by atoms with Crippen LogP contribution in [0.3, 0.4) is 0 Å². The maximum absolute atomic E-state index is 5.74. The molecule has 0 bridgehead atoms. The summed E-state index contributed by atoms with van der Waals surface area (Å²) >= 11 is 1.85. The first-order valence-electron chi connectivity index (χ1n) is 5.65. The van der Waals surface area contributed by atoms with E-state index in [2.05, 4.69) is 6.26 Å². The molecule has 0 aliphatic heterocycles. The van der Waals surface area contributed by atoms with Crippen molar-refractivity contribution in [2.45, 2.75) is 33.2 Å². The quantitative estimate of drug-likeness (QED) is 0.441. The highest BCUT2D eigenvalue weighted by Crippen LogP contribution is 2.19. The zero-order chi connectivity index (χ0) is 11.6. The fourth-order valence-corrected chi connectivity index (χ4v) is 4.74. The second-order valence-corrected chi connectivity index (χ2v) is 6.80. The zero-order valence-corrected chi connectivity index (χ0v) is 12.2. The lowest BCUT2D eigenvalue weighted by Gasteiger charge is -2.28. The van der Waals surface area contributed by atoms with Gasteiger partial charge in [0.2, 0.25) is 0 Å². The van der Waals surface area contributed by atoms with E-state index in [4.69, 9.17) is 13.3 Å². The molecule has 0 amide bonds. The van der Waals surface area contributed by atoms with E-state index in [1.54, 1.807) is 0 Å². The van der Waals surface area contributed by atoms with Crippen molar-refractivity contribution in [3.8, 4) is 0 Å². The highest BCUT2D eigenvalue weighted by atomic mass is 32.2. The van der Waals surface area contributed by atoms with Gasteiger partial charge in [-0.25, -0.2) is 0 Å². The van der Waals surface area contributed by atoms with E-state index in [0.717, 1.165) is 18.2 Å². The van der Waals surface area contributed by atoms with Gasteiger partial charge in [0, 0.05) is 25.9 Å². The van der Waals surface area contributed by atoms with Crippen molar-refractivity contribution >= 4 is 20.6 Å². The Labute approximate surface area is 99.2 Å². The van der Waals surface area contributed by atoms with E-state index < -0.39 is 8.80 Å². The summed E-state index contributed by atoms with van der Waals surface area (Å²) in [6.45, 7) is 8.00. The number of rotatable bonds is 10. The van der Waals surface area contributed by atoms with Crippen LogP contribution in [0.5, 0.6) is 0 Å². The summed E-state index contributed by atoms with van der Waals surface area (Å²) in [5, 5.41) is 0. The highest BCUT2D eigenvalue weighted by Gasteiger charge is 2.39. The molecule has 0 radical (unpaired) electrons. The van der Waals surface area contributed by atoms with Crippen molar-refractivity contribution in [2.24, 2.45) is 0 Å². The molecule has 0 aromatic rings. The van der Waals surface area contributed by atoms with Crippen molar-refractivity contribution in [3.05, 3.63) is 0 Å². The van der Waals surface area contributed by atoms with E-state index in [1.165, 1.54) is 0 Å². The summed E-state index contributed by atoms with van der Waals surface area (Å²) in [5.74, 6) is 1.14. The molecule has 0 atom stereocenters. The first kappa shape index (κ1) is 15.4. The zero-order valence-electron chi connectivity index (χ0n) is 10.4. The van der Waals surface area contributed by atoms with E-state index in [1.807, 2.05) is 32.5 Å². The first-order chi connectivity index (χ1) is 7.24. The maximum atomic E-state index is 5.74. The van der Waals surface area contributed by atoms with Crippen LogP contribution in [-0.2, 0) is 13.3 Å². The monoisotopic (exact) mass is 252 g/mol. The average Bonchev–Trinajstić information content (AvgIpc) is 2.19. The molecule has 0 heterocycles. The minimum Gasteiger partial charge on any atom is -0.374 e. The Morgan fingerprint density at radius 1 is 0.933 bits per heavy atom. The topological polar surface area (TPSA) is 27.7 Å². The third-order valence-electron chi connectivity index (χ3n) is 1.92. The lowest BCUT2D eigenvalue weighted by Crippen LogP contribution is -2.46. The predicted octanol–water partition coefficient (Wildman–Crippen LogP) is 2.79. The summed E-state index contributed by atoms with van der Waals surface area (Å²) in [6, 6.07) is 0.934. The molecule has 0 rings (SSSR count). The molecular formula is C10H24O3SSi. The lowest BCUT2D eigenvalue weighted by atomic mass is 10.6. The van der Waals surface area contributed by atoms with Crippen molar-refractivity contribution in [2.75, 3.05) is 31.8 Å². The fraction of sp³-hybridized carbons (Fsp3) is 1.00. The number of thioether (sulfide) groups is 1. The fourth-order valence-electron chi connectivity index (χ4n) is 1.43. The van der Waals surface area contributed by atoms with Crippen LogP contribution < -0.4 is 0 Å². The van der Waals surface area contributed by atoms with Gasteiger partial charge in [0.25, 0.3) is 0 Å². The number of hydrogen-bond acceptors (Lipinski definition) is 4. The van der Waals surface area contributed by atoms with Crippen LogP contribution in [-0.4, -0.2) is 40.6 Å². The Morgan fingerprint density at radius 2 is 1.40 bits per heavy atom. The van der Waals surface area contributed by atoms with E-state index in [0.29, 0.717) is 19.8 Å². The third-order valence-corrected chi connectivity index (χ3v) is 5.77. The SMILES string of the molecule is CCO[Si](CCCSC)(OCC)OCC. The van der Waals surface area contributed by atoms with Gasteiger partial charge in [-0.1, -0.05) is 0 Å². The Kier molecular flexibility index (Phi) is 9.94. The van der Waals surface area contributed by atoms with Gasteiger partial charge in [-0.15, -0.1) is 0 Å². The largest absolute Gasteiger partial charge is 0.500 e. The van der Waals surface area contributed by atoms with Gasteiger partial charge in [0.1, 0.15) is 0 Å². The van der Waals surface area contributed by atoms with Gasteiger partial charge in [-0.2, -0.15) is 11.8 Å². The lowest BCUT2D eigenvalue weighted by molar-refractivity contribution is 0.0712. The molecule has 0 N–H and O–H groups in total. The summed E-state index contributed by atoms with van der Waals surface area (Å²) in [7, 11) is -2.35. The molecule has 0 aliphatic carbocycles. The molecule has 0 aromatic carbocycles. The normalized spacial score (nSPS) is 12.0. The molecule has 3 nitrogen and oxygen atoms in total. The summed E-state index contributed by atoms with van der Waals surface area (Å²) in [4.78, 5) is 0. The van der Waals surface area contributed by atoms with Gasteiger partial charge in [0.05, 0.1) is 0 Å².